The van der Waals surface area contributed by atoms with Crippen LogP contribution in [0.1, 0.15) is 30.1 Å². The zero-order chi connectivity index (χ0) is 35.8. The van der Waals surface area contributed by atoms with Crippen LogP contribution >= 0.6 is 0 Å². The number of rotatable bonds is 5. The molecule has 6 aromatic carbocycles. The standard InChI is InChI=1S/C20H14.C14H16N2.C8H10N2O4/c1-3-11-17-15(7-1)9-5-13-19(17)20-14-6-10-16-8-2-4-12-18(16)20;15-13(11-7-3-1-4-8-11)14(16)12-9-5-2-6-10-12;1-4(11)5-6(12)9(2)8(14)10(3)7(5)13/h1-14H;1-10,13-14H,15-16H2;5H,1-3H3. The van der Waals surface area contributed by atoms with E-state index < -0.39 is 29.5 Å². The van der Waals surface area contributed by atoms with Crippen LogP contribution in [-0.2, 0) is 14.4 Å². The summed E-state index contributed by atoms with van der Waals surface area (Å²) >= 11 is 0. The number of nitrogens with zero attached hydrogens (tertiary/aromatic N) is 2. The molecule has 2 unspecified atom stereocenters. The Labute approximate surface area is 291 Å². The highest BCUT2D eigenvalue weighted by Gasteiger charge is 2.44. The maximum Gasteiger partial charge on any atom is 0.332 e. The third-order valence-corrected chi connectivity index (χ3v) is 8.76. The molecule has 1 aliphatic heterocycles. The predicted octanol–water partition coefficient (Wildman–Crippen LogP) is 7.29. The van der Waals surface area contributed by atoms with E-state index >= 15 is 0 Å². The lowest BCUT2D eigenvalue weighted by molar-refractivity contribution is -0.151. The maximum absolute atomic E-state index is 11.4. The minimum atomic E-state index is -1.36. The van der Waals surface area contributed by atoms with Crippen LogP contribution in [0.5, 0.6) is 0 Å². The minimum Gasteiger partial charge on any atom is -0.322 e. The van der Waals surface area contributed by atoms with Gasteiger partial charge in [-0.2, -0.15) is 0 Å². The van der Waals surface area contributed by atoms with Crippen molar-refractivity contribution in [3.05, 3.63) is 157 Å². The molecule has 4 N–H and O–H groups in total. The molecule has 2 atom stereocenters. The first kappa shape index (κ1) is 35.3. The zero-order valence-electron chi connectivity index (χ0n) is 28.3. The molecule has 1 aliphatic rings. The fraction of sp³-hybridized carbons (Fsp3) is 0.143. The summed E-state index contributed by atoms with van der Waals surface area (Å²) in [7, 11) is 2.48. The second-order valence-corrected chi connectivity index (χ2v) is 12.0. The van der Waals surface area contributed by atoms with Gasteiger partial charge in [0.05, 0.1) is 0 Å². The van der Waals surface area contributed by atoms with Gasteiger partial charge in [-0.05, 0) is 50.7 Å². The number of amides is 4. The van der Waals surface area contributed by atoms with Gasteiger partial charge in [0.1, 0.15) is 0 Å². The van der Waals surface area contributed by atoms with Gasteiger partial charge in [0.2, 0.25) is 0 Å². The number of hydrogen-bond donors (Lipinski definition) is 2. The first-order chi connectivity index (χ1) is 24.1. The summed E-state index contributed by atoms with van der Waals surface area (Å²) in [5, 5.41) is 5.20. The molecule has 1 saturated heterocycles. The molecule has 8 heteroatoms. The van der Waals surface area contributed by atoms with Gasteiger partial charge in [-0.25, -0.2) is 4.79 Å². The van der Waals surface area contributed by atoms with Crippen molar-refractivity contribution in [3.8, 4) is 11.1 Å². The van der Waals surface area contributed by atoms with Crippen LogP contribution in [0.2, 0.25) is 0 Å². The Kier molecular flexibility index (Phi) is 11.3. The van der Waals surface area contributed by atoms with E-state index in [4.69, 9.17) is 11.5 Å². The van der Waals surface area contributed by atoms with Gasteiger partial charge in [-0.15, -0.1) is 0 Å². The smallest absolute Gasteiger partial charge is 0.322 e. The van der Waals surface area contributed by atoms with Crippen LogP contribution in [0.25, 0.3) is 32.7 Å². The van der Waals surface area contributed by atoms with Gasteiger partial charge in [0.15, 0.2) is 11.7 Å². The average Bonchev–Trinajstić information content (AvgIpc) is 3.16. The molecule has 0 radical (unpaired) electrons. The van der Waals surface area contributed by atoms with E-state index in [1.54, 1.807) is 0 Å². The molecule has 0 bridgehead atoms. The summed E-state index contributed by atoms with van der Waals surface area (Å²) in [5.74, 6) is -3.43. The number of urea groups is 1. The van der Waals surface area contributed by atoms with E-state index in [0.29, 0.717) is 0 Å². The first-order valence-corrected chi connectivity index (χ1v) is 16.3. The number of carbonyl (C=O) groups is 4. The van der Waals surface area contributed by atoms with Gasteiger partial charge < -0.3 is 11.5 Å². The van der Waals surface area contributed by atoms with Crippen molar-refractivity contribution in [2.24, 2.45) is 17.4 Å². The van der Waals surface area contributed by atoms with Crippen molar-refractivity contribution >= 4 is 45.2 Å². The van der Waals surface area contributed by atoms with Gasteiger partial charge in [-0.1, -0.05) is 146 Å². The lowest BCUT2D eigenvalue weighted by Gasteiger charge is -2.31. The fourth-order valence-electron chi connectivity index (χ4n) is 5.94. The molecule has 7 rings (SSSR count). The second-order valence-electron chi connectivity index (χ2n) is 12.0. The van der Waals surface area contributed by atoms with Gasteiger partial charge in [0, 0.05) is 26.2 Å². The largest absolute Gasteiger partial charge is 0.332 e. The minimum absolute atomic E-state index is 0.163. The number of hydrogen-bond acceptors (Lipinski definition) is 6. The van der Waals surface area contributed by atoms with Crippen LogP contribution in [-0.4, -0.2) is 47.5 Å². The van der Waals surface area contributed by atoms with Crippen molar-refractivity contribution in [2.75, 3.05) is 14.1 Å². The van der Waals surface area contributed by atoms with Crippen molar-refractivity contribution in [3.63, 3.8) is 0 Å². The molecular weight excluding hydrogens is 624 g/mol. The molecule has 0 saturated carbocycles. The van der Waals surface area contributed by atoms with Crippen molar-refractivity contribution < 1.29 is 19.2 Å². The van der Waals surface area contributed by atoms with E-state index in [-0.39, 0.29) is 12.1 Å². The third-order valence-electron chi connectivity index (χ3n) is 8.76. The number of ketones is 1. The average molecular weight is 665 g/mol. The van der Waals surface area contributed by atoms with E-state index in [9.17, 15) is 19.2 Å². The molecule has 0 spiro atoms. The summed E-state index contributed by atoms with van der Waals surface area (Å²) in [4.78, 5) is 46.5. The molecule has 1 fully saturated rings. The molecule has 8 nitrogen and oxygen atoms in total. The van der Waals surface area contributed by atoms with Crippen molar-refractivity contribution in [1.29, 1.82) is 0 Å². The summed E-state index contributed by atoms with van der Waals surface area (Å²) in [6, 6.07) is 49.0. The molecule has 50 heavy (non-hydrogen) atoms. The third kappa shape index (κ3) is 7.68. The van der Waals surface area contributed by atoms with Crippen LogP contribution in [0.4, 0.5) is 4.79 Å². The van der Waals surface area contributed by atoms with E-state index in [0.717, 1.165) is 27.9 Å². The Bertz CT molecular complexity index is 1980. The number of barbiturate groups is 1. The Morgan fingerprint density at radius 3 is 1.24 bits per heavy atom. The summed E-state index contributed by atoms with van der Waals surface area (Å²) in [6.45, 7) is 1.15. The van der Waals surface area contributed by atoms with Crippen LogP contribution in [0.15, 0.2) is 146 Å². The van der Waals surface area contributed by atoms with Crippen molar-refractivity contribution in [2.45, 2.75) is 19.0 Å². The molecule has 4 amide bonds. The Morgan fingerprint density at radius 1 is 0.520 bits per heavy atom. The SMILES string of the molecule is CC(=O)C1C(=O)N(C)C(=O)N(C)C1=O.NC(c1ccccc1)C(N)c1ccccc1.c1ccc2c(-c3cccc4ccccc34)cccc2c1. The number of carbonyl (C=O) groups excluding carboxylic acids is 4. The highest BCUT2D eigenvalue weighted by molar-refractivity contribution is 6.25. The Balaban J connectivity index is 0.000000149. The lowest BCUT2D eigenvalue weighted by Crippen LogP contribution is -2.58. The van der Waals surface area contributed by atoms with Crippen LogP contribution in [0, 0.1) is 5.92 Å². The number of fused-ring (bicyclic) bond motifs is 2. The monoisotopic (exact) mass is 664 g/mol. The van der Waals surface area contributed by atoms with Gasteiger partial charge >= 0.3 is 6.03 Å². The zero-order valence-corrected chi connectivity index (χ0v) is 28.3. The summed E-state index contributed by atoms with van der Waals surface area (Å²) in [6.07, 6.45) is 0. The number of nitrogens with two attached hydrogens (primary N) is 2. The fourth-order valence-corrected chi connectivity index (χ4v) is 5.94. The topological polar surface area (TPSA) is 127 Å². The number of imide groups is 2. The van der Waals surface area contributed by atoms with Gasteiger partial charge in [-0.3, -0.25) is 24.2 Å². The molecule has 0 aromatic heterocycles. The van der Waals surface area contributed by atoms with E-state index in [1.165, 1.54) is 46.8 Å². The Morgan fingerprint density at radius 2 is 0.860 bits per heavy atom. The number of Topliss-reactive ketones (excluding diaryl/α,β-unsaturated/α-hetero) is 1. The molecule has 6 aromatic rings. The van der Waals surface area contributed by atoms with E-state index in [2.05, 4.69) is 84.9 Å². The summed E-state index contributed by atoms with van der Waals surface area (Å²) in [5.41, 5.74) is 17.0. The highest BCUT2D eigenvalue weighted by Crippen LogP contribution is 2.33. The molecular formula is C42H40N4O4. The lowest BCUT2D eigenvalue weighted by atomic mass is 9.94. The summed E-state index contributed by atoms with van der Waals surface area (Å²) < 4.78 is 0. The second kappa shape index (κ2) is 16.0. The van der Waals surface area contributed by atoms with Crippen LogP contribution < -0.4 is 11.5 Å². The van der Waals surface area contributed by atoms with E-state index in [1.807, 2.05) is 60.7 Å². The van der Waals surface area contributed by atoms with Crippen molar-refractivity contribution in [1.82, 2.24) is 9.80 Å². The number of benzene rings is 6. The maximum atomic E-state index is 11.4. The molecule has 252 valence electrons. The Hall–Kier alpha value is -5.96. The predicted molar refractivity (Wildman–Crippen MR) is 199 cm³/mol. The quantitative estimate of drug-likeness (QED) is 0.187. The highest BCUT2D eigenvalue weighted by atomic mass is 16.2. The van der Waals surface area contributed by atoms with Crippen LogP contribution in [0.3, 0.4) is 0 Å². The molecule has 0 aliphatic carbocycles. The van der Waals surface area contributed by atoms with Gasteiger partial charge in [0.25, 0.3) is 11.8 Å². The molecule has 1 heterocycles. The normalized spacial score (nSPS) is 14.4. The first-order valence-electron chi connectivity index (χ1n) is 16.3.